The molecule has 0 fully saturated rings. The van der Waals surface area contributed by atoms with E-state index in [2.05, 4.69) is 22.6 Å². The Kier molecular flexibility index (Phi) is 5.87. The molecule has 0 amide bonds. The first-order chi connectivity index (χ1) is 12.8. The van der Waals surface area contributed by atoms with Crippen molar-refractivity contribution in [1.29, 1.82) is 0 Å². The van der Waals surface area contributed by atoms with Crippen LogP contribution in [0.25, 0.3) is 5.57 Å². The van der Waals surface area contributed by atoms with E-state index in [1.807, 2.05) is 30.3 Å². The van der Waals surface area contributed by atoms with Crippen molar-refractivity contribution in [2.75, 3.05) is 6.54 Å². The third-order valence-corrected chi connectivity index (χ3v) is 4.71. The zero-order valence-electron chi connectivity index (χ0n) is 15.0. The van der Waals surface area contributed by atoms with Crippen LogP contribution in [0.1, 0.15) is 30.0 Å². The molecule has 1 aliphatic rings. The molecule has 0 bridgehead atoms. The van der Waals surface area contributed by atoms with Gasteiger partial charge in [0.25, 0.3) is 0 Å². The maximum Gasteiger partial charge on any atom is 0.573 e. The molecule has 6 heteroatoms. The van der Waals surface area contributed by atoms with Crippen molar-refractivity contribution >= 4 is 5.57 Å². The molecule has 2 aromatic carbocycles. The molecule has 144 valence electrons. The van der Waals surface area contributed by atoms with Gasteiger partial charge in [0.2, 0.25) is 0 Å². The van der Waals surface area contributed by atoms with E-state index >= 15 is 0 Å². The molecule has 1 N–H and O–H groups in total. The summed E-state index contributed by atoms with van der Waals surface area (Å²) in [6, 6.07) is 14.2. The number of aliphatic hydroxyl groups excluding tert-OH is 1. The fourth-order valence-corrected chi connectivity index (χ4v) is 3.31. The average Bonchev–Trinajstić information content (AvgIpc) is 2.62. The molecule has 1 atom stereocenters. The molecule has 0 saturated carbocycles. The molecule has 0 spiro atoms. The molecule has 0 radical (unpaired) electrons. The lowest BCUT2D eigenvalue weighted by atomic mass is 9.95. The quantitative estimate of drug-likeness (QED) is 0.816. The standard InChI is InChI=1S/C21H22F3NO2/c1-15-11-19(18-7-5-16(14-26)6-8-18)9-10-25(15)13-17-3-2-4-20(12-17)27-21(22,23)24/h2-8,11-12,15,26H,9-10,13-14H2,1H3. The topological polar surface area (TPSA) is 32.7 Å². The first-order valence-electron chi connectivity index (χ1n) is 8.83. The summed E-state index contributed by atoms with van der Waals surface area (Å²) in [5, 5.41) is 9.15. The first-order valence-corrected chi connectivity index (χ1v) is 8.83. The summed E-state index contributed by atoms with van der Waals surface area (Å²) in [4.78, 5) is 2.22. The lowest BCUT2D eigenvalue weighted by Crippen LogP contribution is -2.35. The molecule has 3 rings (SSSR count). The number of ether oxygens (including phenoxy) is 1. The number of rotatable bonds is 5. The van der Waals surface area contributed by atoms with E-state index in [1.165, 1.54) is 17.7 Å². The van der Waals surface area contributed by atoms with Gasteiger partial charge < -0.3 is 9.84 Å². The minimum absolute atomic E-state index is 0.0284. The normalized spacial score (nSPS) is 18.3. The minimum atomic E-state index is -4.68. The Morgan fingerprint density at radius 2 is 1.85 bits per heavy atom. The Bertz CT molecular complexity index is 800. The Hall–Kier alpha value is -2.31. The van der Waals surface area contributed by atoms with Crippen molar-refractivity contribution in [3.63, 3.8) is 0 Å². The SMILES string of the molecule is CC1C=C(c2ccc(CO)cc2)CCN1Cc1cccc(OC(F)(F)F)c1. The van der Waals surface area contributed by atoms with Crippen molar-refractivity contribution in [2.24, 2.45) is 0 Å². The van der Waals surface area contributed by atoms with Gasteiger partial charge in [0.15, 0.2) is 0 Å². The highest BCUT2D eigenvalue weighted by atomic mass is 19.4. The second-order valence-corrected chi connectivity index (χ2v) is 6.70. The molecular formula is C21H22F3NO2. The highest BCUT2D eigenvalue weighted by molar-refractivity contribution is 5.67. The van der Waals surface area contributed by atoms with Gasteiger partial charge in [0, 0.05) is 19.1 Å². The van der Waals surface area contributed by atoms with E-state index in [0.29, 0.717) is 6.54 Å². The summed E-state index contributed by atoms with van der Waals surface area (Å²) in [5.41, 5.74) is 4.05. The molecule has 0 aromatic heterocycles. The van der Waals surface area contributed by atoms with Crippen molar-refractivity contribution < 1.29 is 23.0 Å². The fraction of sp³-hybridized carbons (Fsp3) is 0.333. The lowest BCUT2D eigenvalue weighted by Gasteiger charge is -2.32. The van der Waals surface area contributed by atoms with Crippen LogP contribution in [0.4, 0.5) is 13.2 Å². The van der Waals surface area contributed by atoms with Crippen LogP contribution in [0.2, 0.25) is 0 Å². The number of nitrogens with zero attached hydrogens (tertiary/aromatic N) is 1. The summed E-state index contributed by atoms with van der Waals surface area (Å²) in [5.74, 6) is -0.190. The van der Waals surface area contributed by atoms with Gasteiger partial charge >= 0.3 is 6.36 Å². The monoisotopic (exact) mass is 377 g/mol. The second kappa shape index (κ2) is 8.15. The predicted octanol–water partition coefficient (Wildman–Crippen LogP) is 4.76. The zero-order valence-corrected chi connectivity index (χ0v) is 15.0. The third kappa shape index (κ3) is 5.34. The number of aliphatic hydroxyl groups is 1. The van der Waals surface area contributed by atoms with Crippen molar-refractivity contribution in [2.45, 2.75) is 38.9 Å². The van der Waals surface area contributed by atoms with E-state index in [4.69, 9.17) is 5.11 Å². The smallest absolute Gasteiger partial charge is 0.406 e. The highest BCUT2D eigenvalue weighted by Crippen LogP contribution is 2.28. The van der Waals surface area contributed by atoms with Gasteiger partial charge in [-0.05, 0) is 47.7 Å². The van der Waals surface area contributed by atoms with Crippen molar-refractivity contribution in [3.05, 3.63) is 71.3 Å². The van der Waals surface area contributed by atoms with E-state index in [0.717, 1.165) is 29.7 Å². The molecule has 0 saturated heterocycles. The van der Waals surface area contributed by atoms with Crippen LogP contribution in [0.5, 0.6) is 5.75 Å². The summed E-state index contributed by atoms with van der Waals surface area (Å²) >= 11 is 0. The Morgan fingerprint density at radius 1 is 1.11 bits per heavy atom. The maximum absolute atomic E-state index is 12.4. The van der Waals surface area contributed by atoms with Crippen LogP contribution in [0, 0.1) is 0 Å². The largest absolute Gasteiger partial charge is 0.573 e. The summed E-state index contributed by atoms with van der Waals surface area (Å²) in [6.07, 6.45) is -1.63. The molecule has 1 aliphatic heterocycles. The molecular weight excluding hydrogens is 355 g/mol. The third-order valence-electron chi connectivity index (χ3n) is 4.71. The van der Waals surface area contributed by atoms with Gasteiger partial charge in [-0.1, -0.05) is 42.5 Å². The number of halogens is 3. The van der Waals surface area contributed by atoms with Crippen LogP contribution in [0.3, 0.4) is 0 Å². The van der Waals surface area contributed by atoms with Gasteiger partial charge in [-0.15, -0.1) is 13.2 Å². The maximum atomic E-state index is 12.4. The molecule has 27 heavy (non-hydrogen) atoms. The lowest BCUT2D eigenvalue weighted by molar-refractivity contribution is -0.274. The summed E-state index contributed by atoms with van der Waals surface area (Å²) in [6.45, 7) is 3.49. The van der Waals surface area contributed by atoms with Crippen LogP contribution < -0.4 is 4.74 Å². The highest BCUT2D eigenvalue weighted by Gasteiger charge is 2.31. The van der Waals surface area contributed by atoms with E-state index in [1.54, 1.807) is 6.07 Å². The number of hydrogen-bond acceptors (Lipinski definition) is 3. The zero-order chi connectivity index (χ0) is 19.4. The average molecular weight is 377 g/mol. The molecule has 1 heterocycles. The molecule has 0 aliphatic carbocycles. The predicted molar refractivity (Wildman–Crippen MR) is 98.0 cm³/mol. The summed E-state index contributed by atoms with van der Waals surface area (Å²) < 4.78 is 41.2. The Labute approximate surface area is 156 Å². The van der Waals surface area contributed by atoms with Crippen LogP contribution >= 0.6 is 0 Å². The van der Waals surface area contributed by atoms with E-state index < -0.39 is 6.36 Å². The van der Waals surface area contributed by atoms with Gasteiger partial charge in [-0.2, -0.15) is 0 Å². The number of alkyl halides is 3. The molecule has 2 aromatic rings. The van der Waals surface area contributed by atoms with Gasteiger partial charge in [-0.3, -0.25) is 4.90 Å². The molecule has 3 nitrogen and oxygen atoms in total. The van der Waals surface area contributed by atoms with Gasteiger partial charge in [0.05, 0.1) is 6.61 Å². The van der Waals surface area contributed by atoms with Crippen LogP contribution in [0.15, 0.2) is 54.6 Å². The van der Waals surface area contributed by atoms with Gasteiger partial charge in [-0.25, -0.2) is 0 Å². The van der Waals surface area contributed by atoms with E-state index in [-0.39, 0.29) is 18.4 Å². The first kappa shape index (κ1) is 19.5. The number of hydrogen-bond donors (Lipinski definition) is 1. The van der Waals surface area contributed by atoms with Crippen LogP contribution in [-0.4, -0.2) is 29.0 Å². The summed E-state index contributed by atoms with van der Waals surface area (Å²) in [7, 11) is 0. The van der Waals surface area contributed by atoms with Gasteiger partial charge in [0.1, 0.15) is 5.75 Å². The molecule has 1 unspecified atom stereocenters. The van der Waals surface area contributed by atoms with Crippen molar-refractivity contribution in [3.8, 4) is 5.75 Å². The van der Waals surface area contributed by atoms with Crippen molar-refractivity contribution in [1.82, 2.24) is 4.90 Å². The fourth-order valence-electron chi connectivity index (χ4n) is 3.31. The Balaban J connectivity index is 1.67. The minimum Gasteiger partial charge on any atom is -0.406 e. The van der Waals surface area contributed by atoms with Crippen LogP contribution in [-0.2, 0) is 13.2 Å². The second-order valence-electron chi connectivity index (χ2n) is 6.70. The van der Waals surface area contributed by atoms with E-state index in [9.17, 15) is 13.2 Å². The Morgan fingerprint density at radius 3 is 2.48 bits per heavy atom. The number of benzene rings is 2.